The first-order chi connectivity index (χ1) is 15.3. The van der Waals surface area contributed by atoms with E-state index in [4.69, 9.17) is 9.84 Å². The molecule has 0 radical (unpaired) electrons. The molecule has 1 aliphatic rings. The summed E-state index contributed by atoms with van der Waals surface area (Å²) in [6.45, 7) is 3.56. The molecular formula is C24H26N2O6. The Morgan fingerprint density at radius 1 is 0.844 bits per heavy atom. The Balaban J connectivity index is 1.91. The van der Waals surface area contributed by atoms with Crippen LogP contribution in [0, 0.1) is 0 Å². The minimum atomic E-state index is -1.06. The number of carbonyl (C=O) groups excluding carboxylic acids is 3. The van der Waals surface area contributed by atoms with E-state index in [0.29, 0.717) is 24.2 Å². The molecule has 0 saturated heterocycles. The Morgan fingerprint density at radius 3 is 1.78 bits per heavy atom. The van der Waals surface area contributed by atoms with E-state index < -0.39 is 11.9 Å². The van der Waals surface area contributed by atoms with Gasteiger partial charge in [0, 0.05) is 30.1 Å². The van der Waals surface area contributed by atoms with Gasteiger partial charge in [0.15, 0.2) is 0 Å². The third-order valence-electron chi connectivity index (χ3n) is 5.31. The predicted octanol–water partition coefficient (Wildman–Crippen LogP) is 3.90. The Morgan fingerprint density at radius 2 is 1.34 bits per heavy atom. The van der Waals surface area contributed by atoms with E-state index in [2.05, 4.69) is 10.6 Å². The van der Waals surface area contributed by atoms with Crippen molar-refractivity contribution in [3.63, 3.8) is 0 Å². The van der Waals surface area contributed by atoms with Gasteiger partial charge >= 0.3 is 11.9 Å². The van der Waals surface area contributed by atoms with E-state index in [1.165, 1.54) is 0 Å². The molecule has 0 aliphatic heterocycles. The lowest BCUT2D eigenvalue weighted by atomic mass is 9.97. The average Bonchev–Trinajstić information content (AvgIpc) is 3.08. The molecule has 0 fully saturated rings. The zero-order valence-electron chi connectivity index (χ0n) is 18.1. The molecule has 168 valence electrons. The number of carboxylic acid groups (broad SMARTS) is 1. The van der Waals surface area contributed by atoms with Gasteiger partial charge in [-0.3, -0.25) is 19.2 Å². The number of esters is 1. The Hall–Kier alpha value is -3.68. The van der Waals surface area contributed by atoms with Crippen molar-refractivity contribution >= 4 is 35.1 Å². The van der Waals surface area contributed by atoms with Crippen molar-refractivity contribution in [2.75, 3.05) is 17.2 Å². The van der Waals surface area contributed by atoms with Crippen molar-refractivity contribution < 1.29 is 29.0 Å². The normalized spacial score (nSPS) is 11.9. The molecule has 0 heterocycles. The van der Waals surface area contributed by atoms with Crippen LogP contribution < -0.4 is 10.6 Å². The van der Waals surface area contributed by atoms with Crippen LogP contribution in [0.2, 0.25) is 0 Å². The molecule has 2 aromatic rings. The quantitative estimate of drug-likeness (QED) is 0.511. The fourth-order valence-corrected chi connectivity index (χ4v) is 3.65. The lowest BCUT2D eigenvalue weighted by molar-refractivity contribution is -0.147. The summed E-state index contributed by atoms with van der Waals surface area (Å²) in [6.07, 6.45) is 0.197. The van der Waals surface area contributed by atoms with Crippen LogP contribution in [0.25, 0.3) is 11.1 Å². The highest BCUT2D eigenvalue weighted by Crippen LogP contribution is 2.46. The van der Waals surface area contributed by atoms with Crippen LogP contribution in [0.15, 0.2) is 36.4 Å². The number of anilines is 2. The highest BCUT2D eigenvalue weighted by Gasteiger charge is 2.30. The number of carboxylic acids is 1. The first-order valence-corrected chi connectivity index (χ1v) is 10.6. The summed E-state index contributed by atoms with van der Waals surface area (Å²) in [5, 5.41) is 14.5. The SMILES string of the molecule is CCC(=O)Nc1ccc2c(c1)C(COC(=O)CCC(=O)O)c1cc(NC(=O)CC)ccc1-2. The zero-order chi connectivity index (χ0) is 23.3. The van der Waals surface area contributed by atoms with Crippen LogP contribution in [0.5, 0.6) is 0 Å². The molecule has 0 atom stereocenters. The van der Waals surface area contributed by atoms with E-state index in [-0.39, 0.29) is 37.2 Å². The summed E-state index contributed by atoms with van der Waals surface area (Å²) in [5.41, 5.74) is 4.97. The lowest BCUT2D eigenvalue weighted by Crippen LogP contribution is -2.14. The molecule has 0 spiro atoms. The minimum Gasteiger partial charge on any atom is -0.481 e. The smallest absolute Gasteiger partial charge is 0.306 e. The second-order valence-electron chi connectivity index (χ2n) is 7.54. The summed E-state index contributed by atoms with van der Waals surface area (Å²) in [6, 6.07) is 11.2. The van der Waals surface area contributed by atoms with Gasteiger partial charge in [-0.1, -0.05) is 26.0 Å². The van der Waals surface area contributed by atoms with Crippen molar-refractivity contribution in [1.82, 2.24) is 0 Å². The summed E-state index contributed by atoms with van der Waals surface area (Å²) in [7, 11) is 0. The van der Waals surface area contributed by atoms with Gasteiger partial charge < -0.3 is 20.5 Å². The molecule has 0 unspecified atom stereocenters. The number of hydrogen-bond donors (Lipinski definition) is 3. The molecule has 0 aromatic heterocycles. The van der Waals surface area contributed by atoms with E-state index in [9.17, 15) is 19.2 Å². The maximum absolute atomic E-state index is 12.0. The number of rotatable bonds is 9. The molecule has 3 N–H and O–H groups in total. The molecule has 2 amide bonds. The van der Waals surface area contributed by atoms with Gasteiger partial charge in [-0.15, -0.1) is 0 Å². The number of fused-ring (bicyclic) bond motifs is 3. The molecule has 0 saturated carbocycles. The summed E-state index contributed by atoms with van der Waals surface area (Å²) < 4.78 is 5.40. The fourth-order valence-electron chi connectivity index (χ4n) is 3.65. The van der Waals surface area contributed by atoms with Gasteiger partial charge in [0.25, 0.3) is 0 Å². The highest BCUT2D eigenvalue weighted by molar-refractivity contribution is 5.93. The Labute approximate surface area is 186 Å². The Bertz CT molecular complexity index is 995. The number of amides is 2. The second-order valence-corrected chi connectivity index (χ2v) is 7.54. The van der Waals surface area contributed by atoms with Gasteiger partial charge in [-0.25, -0.2) is 0 Å². The molecule has 8 nitrogen and oxygen atoms in total. The summed E-state index contributed by atoms with van der Waals surface area (Å²) in [5.74, 6) is -2.19. The maximum atomic E-state index is 12.0. The summed E-state index contributed by atoms with van der Waals surface area (Å²) in [4.78, 5) is 46.4. The number of hydrogen-bond acceptors (Lipinski definition) is 5. The average molecular weight is 438 g/mol. The van der Waals surface area contributed by atoms with Crippen LogP contribution >= 0.6 is 0 Å². The highest BCUT2D eigenvalue weighted by atomic mass is 16.5. The van der Waals surface area contributed by atoms with Crippen molar-refractivity contribution in [1.29, 1.82) is 0 Å². The first kappa shape index (κ1) is 23.0. The van der Waals surface area contributed by atoms with E-state index in [1.807, 2.05) is 36.4 Å². The minimum absolute atomic E-state index is 0.0226. The van der Waals surface area contributed by atoms with Crippen LogP contribution in [-0.2, 0) is 23.9 Å². The van der Waals surface area contributed by atoms with Gasteiger partial charge in [-0.05, 0) is 46.5 Å². The van der Waals surface area contributed by atoms with E-state index in [0.717, 1.165) is 22.3 Å². The second kappa shape index (κ2) is 10.1. The molecule has 0 bridgehead atoms. The molecular weight excluding hydrogens is 412 g/mol. The molecule has 2 aromatic carbocycles. The third kappa shape index (κ3) is 5.32. The van der Waals surface area contributed by atoms with Gasteiger partial charge in [-0.2, -0.15) is 0 Å². The number of benzene rings is 2. The number of carbonyl (C=O) groups is 4. The molecule has 1 aliphatic carbocycles. The van der Waals surface area contributed by atoms with Gasteiger partial charge in [0.1, 0.15) is 6.61 Å². The monoisotopic (exact) mass is 438 g/mol. The standard InChI is InChI=1S/C24H26N2O6/c1-3-21(27)25-14-5-7-16-17-8-6-15(26-22(28)4-2)12-19(17)20(18(16)11-14)13-32-24(31)10-9-23(29)30/h5-8,11-12,20H,3-4,9-10,13H2,1-2H3,(H,25,27)(H,26,28)(H,29,30). The fraction of sp³-hybridized carbons (Fsp3) is 0.333. The topological polar surface area (TPSA) is 122 Å². The predicted molar refractivity (Wildman–Crippen MR) is 119 cm³/mol. The Kier molecular flexibility index (Phi) is 7.25. The molecule has 8 heteroatoms. The van der Waals surface area contributed by atoms with Gasteiger partial charge in [0.05, 0.1) is 12.8 Å². The van der Waals surface area contributed by atoms with Crippen molar-refractivity contribution in [3.8, 4) is 11.1 Å². The van der Waals surface area contributed by atoms with E-state index >= 15 is 0 Å². The zero-order valence-corrected chi connectivity index (χ0v) is 18.1. The van der Waals surface area contributed by atoms with Crippen molar-refractivity contribution in [2.45, 2.75) is 45.4 Å². The van der Waals surface area contributed by atoms with E-state index in [1.54, 1.807) is 13.8 Å². The van der Waals surface area contributed by atoms with Gasteiger partial charge in [0.2, 0.25) is 11.8 Å². The summed E-state index contributed by atoms with van der Waals surface area (Å²) >= 11 is 0. The van der Waals surface area contributed by atoms with Crippen molar-refractivity contribution in [3.05, 3.63) is 47.5 Å². The van der Waals surface area contributed by atoms with Crippen LogP contribution in [0.1, 0.15) is 56.6 Å². The van der Waals surface area contributed by atoms with Crippen LogP contribution in [0.4, 0.5) is 11.4 Å². The number of nitrogens with one attached hydrogen (secondary N) is 2. The number of ether oxygens (including phenoxy) is 1. The lowest BCUT2D eigenvalue weighted by Gasteiger charge is -2.16. The number of aliphatic carboxylic acids is 1. The maximum Gasteiger partial charge on any atom is 0.306 e. The van der Waals surface area contributed by atoms with Crippen LogP contribution in [-0.4, -0.2) is 35.5 Å². The molecule has 32 heavy (non-hydrogen) atoms. The molecule has 3 rings (SSSR count). The first-order valence-electron chi connectivity index (χ1n) is 10.6. The van der Waals surface area contributed by atoms with Crippen molar-refractivity contribution in [2.24, 2.45) is 0 Å². The largest absolute Gasteiger partial charge is 0.481 e. The third-order valence-corrected chi connectivity index (χ3v) is 5.31. The van der Waals surface area contributed by atoms with Crippen LogP contribution in [0.3, 0.4) is 0 Å².